The van der Waals surface area contributed by atoms with E-state index >= 15 is 0 Å². The van der Waals surface area contributed by atoms with E-state index in [4.69, 9.17) is 9.72 Å². The van der Waals surface area contributed by atoms with Crippen molar-refractivity contribution in [2.75, 3.05) is 31.1 Å². The number of halogens is 1. The number of nitrogens with one attached hydrogen (secondary N) is 1. The Morgan fingerprint density at radius 1 is 1.15 bits per heavy atom. The van der Waals surface area contributed by atoms with Crippen LogP contribution in [0.4, 0.5) is 10.2 Å². The minimum Gasteiger partial charge on any atom is -0.474 e. The molecule has 5 rings (SSSR count). The molecule has 1 saturated carbocycles. The molecular formula is C18H19FN6O. The fraction of sp³-hybridized carbons (Fsp3) is 0.389. The zero-order valence-electron chi connectivity index (χ0n) is 14.2. The maximum absolute atomic E-state index is 13.9. The molecule has 1 N–H and O–H groups in total. The molecule has 1 saturated heterocycles. The minimum absolute atomic E-state index is 0.179. The second kappa shape index (κ2) is 6.21. The molecule has 1 aliphatic heterocycles. The third-order valence-electron chi connectivity index (χ3n) is 4.71. The Balaban J connectivity index is 1.59. The first-order valence-corrected chi connectivity index (χ1v) is 8.90. The van der Waals surface area contributed by atoms with Crippen molar-refractivity contribution in [2.45, 2.75) is 18.9 Å². The number of nitrogens with zero attached hydrogens (tertiary/aromatic N) is 5. The second-order valence-electron chi connectivity index (χ2n) is 6.67. The Kier molecular flexibility index (Phi) is 3.70. The highest BCUT2D eigenvalue weighted by Gasteiger charge is 2.26. The van der Waals surface area contributed by atoms with Crippen molar-refractivity contribution in [1.29, 1.82) is 0 Å². The number of hydrogen-bond acceptors (Lipinski definition) is 6. The van der Waals surface area contributed by atoms with Crippen LogP contribution >= 0.6 is 0 Å². The van der Waals surface area contributed by atoms with Crippen molar-refractivity contribution in [1.82, 2.24) is 24.9 Å². The van der Waals surface area contributed by atoms with Crippen LogP contribution in [0.25, 0.3) is 16.8 Å². The molecule has 0 bridgehead atoms. The van der Waals surface area contributed by atoms with Gasteiger partial charge in [-0.05, 0) is 25.0 Å². The summed E-state index contributed by atoms with van der Waals surface area (Å²) in [6.07, 6.45) is 6.97. The van der Waals surface area contributed by atoms with Crippen LogP contribution in [-0.2, 0) is 0 Å². The average molecular weight is 354 g/mol. The summed E-state index contributed by atoms with van der Waals surface area (Å²) in [7, 11) is 0. The number of fused-ring (bicyclic) bond motifs is 1. The Hall–Kier alpha value is -2.74. The lowest BCUT2D eigenvalue weighted by Gasteiger charge is -2.28. The van der Waals surface area contributed by atoms with Gasteiger partial charge in [-0.1, -0.05) is 0 Å². The molecule has 0 radical (unpaired) electrons. The highest BCUT2D eigenvalue weighted by molar-refractivity contribution is 5.80. The van der Waals surface area contributed by atoms with Crippen LogP contribution in [0.3, 0.4) is 0 Å². The maximum atomic E-state index is 13.9. The van der Waals surface area contributed by atoms with Gasteiger partial charge in [-0.2, -0.15) is 5.10 Å². The normalized spacial score (nSPS) is 17.7. The summed E-state index contributed by atoms with van der Waals surface area (Å²) >= 11 is 0. The van der Waals surface area contributed by atoms with Crippen molar-refractivity contribution < 1.29 is 9.13 Å². The van der Waals surface area contributed by atoms with Crippen LogP contribution in [0.15, 0.2) is 30.7 Å². The van der Waals surface area contributed by atoms with E-state index in [0.717, 1.165) is 50.4 Å². The van der Waals surface area contributed by atoms with Crippen LogP contribution in [0, 0.1) is 5.82 Å². The van der Waals surface area contributed by atoms with Gasteiger partial charge in [0.1, 0.15) is 17.7 Å². The Labute approximate surface area is 149 Å². The third kappa shape index (κ3) is 2.86. The largest absolute Gasteiger partial charge is 0.474 e. The average Bonchev–Trinajstić information content (AvgIpc) is 3.40. The highest BCUT2D eigenvalue weighted by Crippen LogP contribution is 2.35. The lowest BCUT2D eigenvalue weighted by Crippen LogP contribution is -2.43. The van der Waals surface area contributed by atoms with E-state index in [9.17, 15) is 4.39 Å². The van der Waals surface area contributed by atoms with Gasteiger partial charge in [0.15, 0.2) is 5.65 Å². The summed E-state index contributed by atoms with van der Waals surface area (Å²) in [5.74, 6) is 0.939. The van der Waals surface area contributed by atoms with Gasteiger partial charge in [0.25, 0.3) is 0 Å². The first kappa shape index (κ1) is 15.5. The van der Waals surface area contributed by atoms with Crippen molar-refractivity contribution in [3.05, 3.63) is 36.5 Å². The van der Waals surface area contributed by atoms with E-state index in [0.29, 0.717) is 17.1 Å². The van der Waals surface area contributed by atoms with Gasteiger partial charge in [0.05, 0.1) is 23.5 Å². The van der Waals surface area contributed by atoms with Crippen molar-refractivity contribution >= 4 is 11.5 Å². The van der Waals surface area contributed by atoms with Gasteiger partial charge in [-0.15, -0.1) is 0 Å². The van der Waals surface area contributed by atoms with Crippen LogP contribution in [0.2, 0.25) is 0 Å². The summed E-state index contributed by atoms with van der Waals surface area (Å²) in [6, 6.07) is 3.40. The van der Waals surface area contributed by atoms with Crippen LogP contribution in [0.1, 0.15) is 12.8 Å². The number of aromatic nitrogens is 4. The molecule has 8 heteroatoms. The first-order chi connectivity index (χ1) is 12.8. The van der Waals surface area contributed by atoms with Gasteiger partial charge in [-0.25, -0.2) is 18.9 Å². The van der Waals surface area contributed by atoms with E-state index in [1.54, 1.807) is 10.7 Å². The predicted molar refractivity (Wildman–Crippen MR) is 94.9 cm³/mol. The second-order valence-corrected chi connectivity index (χ2v) is 6.67. The minimum atomic E-state index is -0.402. The summed E-state index contributed by atoms with van der Waals surface area (Å²) in [5, 5.41) is 7.70. The van der Waals surface area contributed by atoms with Crippen molar-refractivity contribution in [2.24, 2.45) is 0 Å². The van der Waals surface area contributed by atoms with Gasteiger partial charge >= 0.3 is 0 Å². The molecule has 0 spiro atoms. The molecule has 1 aliphatic carbocycles. The molecule has 134 valence electrons. The molecule has 4 heterocycles. The zero-order valence-corrected chi connectivity index (χ0v) is 14.2. The number of rotatable bonds is 4. The van der Waals surface area contributed by atoms with E-state index in [-0.39, 0.29) is 6.10 Å². The molecule has 3 aromatic heterocycles. The van der Waals surface area contributed by atoms with E-state index < -0.39 is 5.82 Å². The topological polar surface area (TPSA) is 67.6 Å². The quantitative estimate of drug-likeness (QED) is 0.772. The highest BCUT2D eigenvalue weighted by atomic mass is 19.1. The molecule has 0 aromatic carbocycles. The molecule has 0 atom stereocenters. The Bertz CT molecular complexity index is 948. The van der Waals surface area contributed by atoms with Gasteiger partial charge in [0, 0.05) is 32.4 Å². The fourth-order valence-corrected chi connectivity index (χ4v) is 3.18. The Morgan fingerprint density at radius 3 is 2.81 bits per heavy atom. The van der Waals surface area contributed by atoms with E-state index in [2.05, 4.69) is 20.3 Å². The monoisotopic (exact) mass is 354 g/mol. The van der Waals surface area contributed by atoms with Crippen LogP contribution in [0.5, 0.6) is 5.88 Å². The van der Waals surface area contributed by atoms with E-state index in [1.807, 2.05) is 12.3 Å². The van der Waals surface area contributed by atoms with Gasteiger partial charge in [-0.3, -0.25) is 0 Å². The molecular weight excluding hydrogens is 335 g/mol. The first-order valence-electron chi connectivity index (χ1n) is 8.90. The number of pyridine rings is 1. The zero-order chi connectivity index (χ0) is 17.5. The maximum Gasteiger partial charge on any atom is 0.221 e. The summed E-state index contributed by atoms with van der Waals surface area (Å²) in [6.45, 7) is 3.69. The molecule has 3 aromatic rings. The van der Waals surface area contributed by atoms with Crippen LogP contribution < -0.4 is 15.0 Å². The fourth-order valence-electron chi connectivity index (χ4n) is 3.18. The Morgan fingerprint density at radius 2 is 2.00 bits per heavy atom. The van der Waals surface area contributed by atoms with Gasteiger partial charge < -0.3 is 15.0 Å². The lowest BCUT2D eigenvalue weighted by atomic mass is 10.1. The van der Waals surface area contributed by atoms with Crippen molar-refractivity contribution in [3.63, 3.8) is 0 Å². The van der Waals surface area contributed by atoms with Gasteiger partial charge in [0.2, 0.25) is 5.88 Å². The predicted octanol–water partition coefficient (Wildman–Crippen LogP) is 1.88. The lowest BCUT2D eigenvalue weighted by molar-refractivity contribution is 0.291. The molecule has 7 nitrogen and oxygen atoms in total. The third-order valence-corrected chi connectivity index (χ3v) is 4.71. The van der Waals surface area contributed by atoms with Crippen LogP contribution in [-0.4, -0.2) is 51.9 Å². The molecule has 26 heavy (non-hydrogen) atoms. The SMILES string of the molecule is Fc1cnc(OC2CC2)c(-c2cnn3ccc(N4CCNCC4)nc23)c1. The summed E-state index contributed by atoms with van der Waals surface area (Å²) < 4.78 is 21.5. The summed E-state index contributed by atoms with van der Waals surface area (Å²) in [5.41, 5.74) is 2.00. The van der Waals surface area contributed by atoms with E-state index in [1.165, 1.54) is 12.3 Å². The molecule has 2 aliphatic rings. The molecule has 0 amide bonds. The number of piperazine rings is 1. The number of anilines is 1. The summed E-state index contributed by atoms with van der Waals surface area (Å²) in [4.78, 5) is 11.2. The molecule has 0 unspecified atom stereocenters. The standard InChI is InChI=1S/C18H19FN6O/c19-12-9-14(18(21-10-12)26-13-1-2-13)15-11-22-25-6-3-16(23-17(15)25)24-7-4-20-5-8-24/h3,6,9-11,13,20H,1-2,4-5,7-8H2. The smallest absolute Gasteiger partial charge is 0.221 e. The molecule has 2 fully saturated rings. The number of ether oxygens (including phenoxy) is 1. The van der Waals surface area contributed by atoms with Crippen molar-refractivity contribution in [3.8, 4) is 17.0 Å². The number of hydrogen-bond donors (Lipinski definition) is 1.